The summed E-state index contributed by atoms with van der Waals surface area (Å²) in [5.41, 5.74) is 0. The van der Waals surface area contributed by atoms with Crippen molar-refractivity contribution in [1.29, 1.82) is 0 Å². The molecule has 4 nitrogen and oxygen atoms in total. The molecule has 0 radical (unpaired) electrons. The second-order valence-electron chi connectivity index (χ2n) is 0.408. The molecule has 0 atom stereocenters. The molecule has 0 N–H and O–H groups in total. The van der Waals surface area contributed by atoms with Crippen LogP contribution in [0.3, 0.4) is 0 Å². The van der Waals surface area contributed by atoms with Gasteiger partial charge in [-0.1, -0.05) is 0 Å². The van der Waals surface area contributed by atoms with Crippen LogP contribution in [0.4, 0.5) is 0 Å². The van der Waals surface area contributed by atoms with E-state index in [4.69, 9.17) is 16.0 Å². The topological polar surface area (TPSA) is 80.3 Å². The quantitative estimate of drug-likeness (QED) is 0.389. The summed E-state index contributed by atoms with van der Waals surface area (Å²) in [6.45, 7) is 0. The van der Waals surface area contributed by atoms with Crippen LogP contribution in [0.15, 0.2) is 0 Å². The molecule has 0 amide bonds. The molecule has 0 aromatic carbocycles. The van der Waals surface area contributed by atoms with E-state index in [0.717, 1.165) is 0 Å². The van der Waals surface area contributed by atoms with Gasteiger partial charge >= 0.3 is 46.5 Å². The van der Waals surface area contributed by atoms with Crippen molar-refractivity contribution in [1.82, 2.24) is 0 Å². The predicted octanol–water partition coefficient (Wildman–Crippen LogP) is -3.00. The molecule has 0 rings (SSSR count). The van der Waals surface area contributed by atoms with Gasteiger partial charge in [0.25, 0.3) is 0 Å². The van der Waals surface area contributed by atoms with Crippen LogP contribution in [-0.2, 0) is 24.7 Å². The first kappa shape index (κ1) is 9.75. The standard InChI is InChI=1S/Fe.H2O4Se/c;1-5(2,3)4/h;(H2,1,2,3,4)/q+2;/p-2. The third kappa shape index (κ3) is 185. The fourth-order valence-corrected chi connectivity index (χ4v) is 0. The average molecular weight is 199 g/mol. The molecule has 0 aromatic rings. The summed E-state index contributed by atoms with van der Waals surface area (Å²) in [5.74, 6) is 0. The minimum Gasteiger partial charge on any atom is 2.00 e. The van der Waals surface area contributed by atoms with Crippen molar-refractivity contribution in [3.8, 4) is 0 Å². The third-order valence-corrected chi connectivity index (χ3v) is 0. The van der Waals surface area contributed by atoms with Gasteiger partial charge in [0, 0.05) is 0 Å². The van der Waals surface area contributed by atoms with Gasteiger partial charge in [-0.2, -0.15) is 0 Å². The van der Waals surface area contributed by atoms with Crippen LogP contribution >= 0.6 is 0 Å². The molecule has 0 fully saturated rings. The van der Waals surface area contributed by atoms with Crippen molar-refractivity contribution < 1.29 is 33.1 Å². The van der Waals surface area contributed by atoms with E-state index in [2.05, 4.69) is 0 Å². The van der Waals surface area contributed by atoms with Crippen LogP contribution in [-0.4, -0.2) is 13.4 Å². The Balaban J connectivity index is 0. The Morgan fingerprint density at radius 3 is 1.17 bits per heavy atom. The maximum atomic E-state index is 8.59. The van der Waals surface area contributed by atoms with Gasteiger partial charge in [-0.15, -0.1) is 0 Å². The molecule has 0 aliphatic carbocycles. The molecule has 0 unspecified atom stereocenters. The molecule has 6 heavy (non-hydrogen) atoms. The summed E-state index contributed by atoms with van der Waals surface area (Å²) in [6.07, 6.45) is 0. The van der Waals surface area contributed by atoms with Gasteiger partial charge in [0.05, 0.1) is 0 Å². The second kappa shape index (κ2) is 2.69. The van der Waals surface area contributed by atoms with Gasteiger partial charge in [-0.3, -0.25) is 0 Å². The Hall–Kier alpha value is 0.559. The van der Waals surface area contributed by atoms with Crippen molar-refractivity contribution in [2.75, 3.05) is 0 Å². The van der Waals surface area contributed by atoms with E-state index in [1.54, 1.807) is 0 Å². The smallest absolute Gasteiger partial charge is 2.00 e. The molecular formula is FeO4Se. The van der Waals surface area contributed by atoms with Gasteiger partial charge in [0.2, 0.25) is 0 Å². The molecule has 0 aliphatic heterocycles. The predicted molar refractivity (Wildman–Crippen MR) is 7.13 cm³/mol. The molecule has 0 saturated heterocycles. The van der Waals surface area contributed by atoms with Gasteiger partial charge < -0.3 is 0 Å². The summed E-state index contributed by atoms with van der Waals surface area (Å²) in [5, 5.41) is 0. The first-order valence-corrected chi connectivity index (χ1v) is 3.46. The Morgan fingerprint density at radius 1 is 1.17 bits per heavy atom. The van der Waals surface area contributed by atoms with Gasteiger partial charge in [0.1, 0.15) is 0 Å². The minimum atomic E-state index is -5.75. The largest absolute Gasteiger partial charge is 2.00 e. The fraction of sp³-hybridized carbons (Fsp3) is 0. The van der Waals surface area contributed by atoms with Crippen LogP contribution in [0.2, 0.25) is 0 Å². The molecule has 0 aromatic heterocycles. The molecule has 38 valence electrons. The van der Waals surface area contributed by atoms with Crippen LogP contribution in [0, 0.1) is 0 Å². The van der Waals surface area contributed by atoms with Crippen LogP contribution in [0.25, 0.3) is 0 Å². The zero-order valence-electron chi connectivity index (χ0n) is 2.39. The summed E-state index contributed by atoms with van der Waals surface area (Å²) < 4.78 is 34.4. The van der Waals surface area contributed by atoms with Crippen molar-refractivity contribution in [3.05, 3.63) is 0 Å². The Kier molecular flexibility index (Phi) is 4.37. The maximum Gasteiger partial charge on any atom is 2.00 e. The Morgan fingerprint density at radius 2 is 1.17 bits per heavy atom. The van der Waals surface area contributed by atoms with E-state index < -0.39 is 13.4 Å². The summed E-state index contributed by atoms with van der Waals surface area (Å²) in [6, 6.07) is 0. The molecule has 0 saturated carbocycles. The van der Waals surface area contributed by atoms with Gasteiger partial charge in [-0.25, -0.2) is 0 Å². The van der Waals surface area contributed by atoms with E-state index in [0.29, 0.717) is 0 Å². The van der Waals surface area contributed by atoms with E-state index in [9.17, 15) is 0 Å². The van der Waals surface area contributed by atoms with Gasteiger partial charge in [0.15, 0.2) is 0 Å². The van der Waals surface area contributed by atoms with Crippen LogP contribution in [0.5, 0.6) is 0 Å². The van der Waals surface area contributed by atoms with E-state index in [-0.39, 0.29) is 17.1 Å². The van der Waals surface area contributed by atoms with Crippen molar-refractivity contribution in [2.24, 2.45) is 0 Å². The number of hydrogen-bond donors (Lipinski definition) is 0. The monoisotopic (exact) mass is 200 g/mol. The normalized spacial score (nSPS) is 9.67. The summed E-state index contributed by atoms with van der Waals surface area (Å²) in [7, 11) is 0. The SMILES string of the molecule is O=[Se](=O)([O-])[O-].[Fe+2]. The van der Waals surface area contributed by atoms with Crippen LogP contribution < -0.4 is 8.38 Å². The zero-order chi connectivity index (χ0) is 4.50. The average Bonchev–Trinajstić information content (AvgIpc) is 0.722. The molecular weight excluding hydrogens is 199 g/mol. The molecule has 0 bridgehead atoms. The van der Waals surface area contributed by atoms with Gasteiger partial charge in [-0.05, 0) is 0 Å². The van der Waals surface area contributed by atoms with E-state index in [1.807, 2.05) is 0 Å². The first-order chi connectivity index (χ1) is 2.00. The number of hydrogen-bond acceptors (Lipinski definition) is 4. The van der Waals surface area contributed by atoms with E-state index in [1.165, 1.54) is 0 Å². The van der Waals surface area contributed by atoms with Crippen molar-refractivity contribution in [2.45, 2.75) is 0 Å². The molecule has 0 spiro atoms. The third-order valence-electron chi connectivity index (χ3n) is 0. The van der Waals surface area contributed by atoms with Crippen LogP contribution in [0.1, 0.15) is 0 Å². The van der Waals surface area contributed by atoms with Crippen molar-refractivity contribution in [3.63, 3.8) is 0 Å². The Labute approximate surface area is 46.9 Å². The zero-order valence-corrected chi connectivity index (χ0v) is 5.21. The summed E-state index contributed by atoms with van der Waals surface area (Å²) in [4.78, 5) is 0. The maximum absolute atomic E-state index is 8.59. The second-order valence-corrected chi connectivity index (χ2v) is 2.12. The molecule has 0 aliphatic rings. The number of rotatable bonds is 0. The van der Waals surface area contributed by atoms with Crippen molar-refractivity contribution >= 4 is 13.4 Å². The Bertz CT molecular complexity index is 90.7. The summed E-state index contributed by atoms with van der Waals surface area (Å²) >= 11 is -5.75. The molecule has 6 heteroatoms. The fourth-order valence-electron chi connectivity index (χ4n) is 0. The molecule has 0 heterocycles. The first-order valence-electron chi connectivity index (χ1n) is 0.667. The minimum absolute atomic E-state index is 0. The van der Waals surface area contributed by atoms with E-state index >= 15 is 0 Å².